The maximum atomic E-state index is 11.2. The molecule has 4 rings (SSSR count). The van der Waals surface area contributed by atoms with Crippen molar-refractivity contribution in [3.8, 4) is 16.9 Å². The minimum Gasteiger partial charge on any atom is -0.492 e. The van der Waals surface area contributed by atoms with Gasteiger partial charge in [-0.25, -0.2) is 0 Å². The number of carboxylic acids is 1. The third-order valence-electron chi connectivity index (χ3n) is 5.53. The third-order valence-corrected chi connectivity index (χ3v) is 5.90. The Hall–Kier alpha value is -3.31. The van der Waals surface area contributed by atoms with Crippen LogP contribution in [0.25, 0.3) is 22.0 Å². The van der Waals surface area contributed by atoms with Crippen LogP contribution in [0.2, 0.25) is 5.02 Å². The van der Waals surface area contributed by atoms with E-state index in [4.69, 9.17) is 16.3 Å². The number of rotatable bonds is 9. The van der Waals surface area contributed by atoms with Gasteiger partial charge in [-0.05, 0) is 48.2 Å². The highest BCUT2D eigenvalue weighted by Crippen LogP contribution is 2.36. The molecule has 0 atom stereocenters. The Morgan fingerprint density at radius 2 is 1.88 bits per heavy atom. The quantitative estimate of drug-likeness (QED) is 0.340. The molecule has 1 N–H and O–H groups in total. The van der Waals surface area contributed by atoms with E-state index in [0.29, 0.717) is 24.5 Å². The molecule has 0 spiro atoms. The molecule has 164 valence electrons. The number of carbonyl (C=O) groups is 1. The number of hydrogen-bond acceptors (Lipinski definition) is 3. The second-order valence-corrected chi connectivity index (χ2v) is 8.02. The van der Waals surface area contributed by atoms with Crippen LogP contribution < -0.4 is 4.74 Å². The first-order valence-corrected chi connectivity index (χ1v) is 11.1. The zero-order valence-electron chi connectivity index (χ0n) is 17.9. The summed E-state index contributed by atoms with van der Waals surface area (Å²) >= 11 is 6.29. The average Bonchev–Trinajstić information content (AvgIpc) is 3.21. The van der Waals surface area contributed by atoms with Crippen LogP contribution in [0.15, 0.2) is 66.9 Å². The SMILES string of the molecule is CCn1ncc2cc(-c3cccc(CCC(=O)O)c3OCCc3ccccc3Cl)ccc21. The van der Waals surface area contributed by atoms with Crippen LogP contribution in [-0.4, -0.2) is 27.5 Å². The van der Waals surface area contributed by atoms with Gasteiger partial charge in [-0.15, -0.1) is 0 Å². The predicted molar refractivity (Wildman–Crippen MR) is 127 cm³/mol. The summed E-state index contributed by atoms with van der Waals surface area (Å²) in [5.41, 5.74) is 4.94. The Labute approximate surface area is 192 Å². The predicted octanol–water partition coefficient (Wildman–Crippen LogP) is 6.02. The molecule has 0 saturated heterocycles. The molecule has 0 saturated carbocycles. The van der Waals surface area contributed by atoms with E-state index < -0.39 is 5.97 Å². The molecule has 0 amide bonds. The van der Waals surface area contributed by atoms with Crippen molar-refractivity contribution < 1.29 is 14.6 Å². The van der Waals surface area contributed by atoms with Gasteiger partial charge in [0.15, 0.2) is 0 Å². The molecule has 32 heavy (non-hydrogen) atoms. The molecular formula is C26H25ClN2O3. The Morgan fingerprint density at radius 1 is 1.06 bits per heavy atom. The lowest BCUT2D eigenvalue weighted by atomic mass is 9.98. The second kappa shape index (κ2) is 9.88. The van der Waals surface area contributed by atoms with Gasteiger partial charge in [0.1, 0.15) is 5.75 Å². The maximum absolute atomic E-state index is 11.2. The van der Waals surface area contributed by atoms with Gasteiger partial charge in [0.2, 0.25) is 0 Å². The first-order chi connectivity index (χ1) is 15.6. The molecule has 0 bridgehead atoms. The zero-order chi connectivity index (χ0) is 22.5. The lowest BCUT2D eigenvalue weighted by Crippen LogP contribution is -2.06. The molecule has 0 unspecified atom stereocenters. The Kier molecular flexibility index (Phi) is 6.76. The minimum atomic E-state index is -0.828. The summed E-state index contributed by atoms with van der Waals surface area (Å²) in [6.45, 7) is 3.32. The van der Waals surface area contributed by atoms with Crippen molar-refractivity contribution in [3.63, 3.8) is 0 Å². The maximum Gasteiger partial charge on any atom is 0.303 e. The molecule has 3 aromatic carbocycles. The van der Waals surface area contributed by atoms with Crippen LogP contribution >= 0.6 is 11.6 Å². The number of para-hydroxylation sites is 1. The lowest BCUT2D eigenvalue weighted by Gasteiger charge is -2.17. The minimum absolute atomic E-state index is 0.0482. The molecule has 1 heterocycles. The Morgan fingerprint density at radius 3 is 2.66 bits per heavy atom. The van der Waals surface area contributed by atoms with Crippen molar-refractivity contribution in [1.29, 1.82) is 0 Å². The normalized spacial score (nSPS) is 11.1. The highest BCUT2D eigenvalue weighted by molar-refractivity contribution is 6.31. The molecule has 1 aromatic heterocycles. The number of hydrogen-bond donors (Lipinski definition) is 1. The van der Waals surface area contributed by atoms with E-state index in [1.807, 2.05) is 53.3 Å². The molecule has 6 heteroatoms. The smallest absolute Gasteiger partial charge is 0.303 e. The van der Waals surface area contributed by atoms with Crippen molar-refractivity contribution in [2.45, 2.75) is 32.7 Å². The van der Waals surface area contributed by atoms with E-state index in [9.17, 15) is 9.90 Å². The van der Waals surface area contributed by atoms with Crippen molar-refractivity contribution in [3.05, 3.63) is 83.0 Å². The van der Waals surface area contributed by atoms with E-state index in [0.717, 1.165) is 45.5 Å². The number of carboxylic acid groups (broad SMARTS) is 1. The fraction of sp³-hybridized carbons (Fsp3) is 0.231. The number of halogens is 1. The summed E-state index contributed by atoms with van der Waals surface area (Å²) < 4.78 is 8.24. The van der Waals surface area contributed by atoms with Crippen LogP contribution in [-0.2, 0) is 24.2 Å². The molecular weight excluding hydrogens is 424 g/mol. The van der Waals surface area contributed by atoms with Crippen molar-refractivity contribution in [2.75, 3.05) is 6.61 Å². The highest BCUT2D eigenvalue weighted by Gasteiger charge is 2.15. The Bertz CT molecular complexity index is 1250. The summed E-state index contributed by atoms with van der Waals surface area (Å²) in [6, 6.07) is 19.9. The van der Waals surface area contributed by atoms with Crippen molar-refractivity contribution in [1.82, 2.24) is 9.78 Å². The van der Waals surface area contributed by atoms with Gasteiger partial charge >= 0.3 is 5.97 Å². The number of benzene rings is 3. The highest BCUT2D eigenvalue weighted by atomic mass is 35.5. The van der Waals surface area contributed by atoms with Crippen LogP contribution in [0.5, 0.6) is 5.75 Å². The van der Waals surface area contributed by atoms with Crippen LogP contribution in [0, 0.1) is 0 Å². The van der Waals surface area contributed by atoms with Gasteiger partial charge < -0.3 is 9.84 Å². The van der Waals surface area contributed by atoms with Crippen molar-refractivity contribution >= 4 is 28.5 Å². The summed E-state index contributed by atoms with van der Waals surface area (Å²) in [6.07, 6.45) is 2.98. The topological polar surface area (TPSA) is 64.4 Å². The van der Waals surface area contributed by atoms with E-state index in [-0.39, 0.29) is 6.42 Å². The molecule has 0 radical (unpaired) electrons. The van der Waals surface area contributed by atoms with Gasteiger partial charge in [-0.3, -0.25) is 9.48 Å². The summed E-state index contributed by atoms with van der Waals surface area (Å²) in [5.74, 6) is -0.103. The molecule has 4 aromatic rings. The fourth-order valence-corrected chi connectivity index (χ4v) is 4.12. The average molecular weight is 449 g/mol. The molecule has 0 aliphatic heterocycles. The van der Waals surface area contributed by atoms with Gasteiger partial charge in [0.05, 0.1) is 18.3 Å². The van der Waals surface area contributed by atoms with Crippen LogP contribution in [0.3, 0.4) is 0 Å². The van der Waals surface area contributed by atoms with Crippen LogP contribution in [0.4, 0.5) is 0 Å². The van der Waals surface area contributed by atoms with E-state index in [2.05, 4.69) is 30.2 Å². The number of aromatic nitrogens is 2. The standard InChI is InChI=1S/C26H25ClN2O3/c1-2-29-24-12-10-20(16-21(24)17-28-29)22-8-5-7-19(11-13-25(30)31)26(22)32-15-14-18-6-3-4-9-23(18)27/h3-10,12,16-17H,2,11,13-15H2,1H3,(H,30,31). The van der Waals surface area contributed by atoms with Crippen molar-refractivity contribution in [2.24, 2.45) is 0 Å². The zero-order valence-corrected chi connectivity index (χ0v) is 18.7. The number of nitrogens with zero attached hydrogens (tertiary/aromatic N) is 2. The summed E-state index contributed by atoms with van der Waals surface area (Å²) in [7, 11) is 0. The number of aliphatic carboxylic acids is 1. The summed E-state index contributed by atoms with van der Waals surface area (Å²) in [5, 5.41) is 15.4. The third kappa shape index (κ3) is 4.78. The first kappa shape index (κ1) is 21.9. The molecule has 0 aliphatic rings. The monoisotopic (exact) mass is 448 g/mol. The van der Waals surface area contributed by atoms with E-state index in [1.54, 1.807) is 0 Å². The van der Waals surface area contributed by atoms with Crippen LogP contribution in [0.1, 0.15) is 24.5 Å². The van der Waals surface area contributed by atoms with Gasteiger partial charge in [-0.2, -0.15) is 5.10 Å². The molecule has 0 aliphatic carbocycles. The second-order valence-electron chi connectivity index (χ2n) is 7.61. The first-order valence-electron chi connectivity index (χ1n) is 10.7. The lowest BCUT2D eigenvalue weighted by molar-refractivity contribution is -0.136. The Balaban J connectivity index is 1.67. The van der Waals surface area contributed by atoms with E-state index in [1.165, 1.54) is 0 Å². The largest absolute Gasteiger partial charge is 0.492 e. The molecule has 5 nitrogen and oxygen atoms in total. The van der Waals surface area contributed by atoms with Gasteiger partial charge in [-0.1, -0.05) is 54.1 Å². The molecule has 0 fully saturated rings. The van der Waals surface area contributed by atoms with Gasteiger partial charge in [0, 0.05) is 35.4 Å². The fourth-order valence-electron chi connectivity index (χ4n) is 3.89. The number of aryl methyl sites for hydroxylation is 2. The number of ether oxygens (including phenoxy) is 1. The summed E-state index contributed by atoms with van der Waals surface area (Å²) in [4.78, 5) is 11.2. The van der Waals surface area contributed by atoms with E-state index >= 15 is 0 Å². The van der Waals surface area contributed by atoms with Gasteiger partial charge in [0.25, 0.3) is 0 Å². The number of fused-ring (bicyclic) bond motifs is 1.